The van der Waals surface area contributed by atoms with Gasteiger partial charge < -0.3 is 15.3 Å². The van der Waals surface area contributed by atoms with Gasteiger partial charge in [-0.3, -0.25) is 19.5 Å². The molecular weight excluding hydrogens is 278 g/mol. The van der Waals surface area contributed by atoms with Crippen LogP contribution in [0.3, 0.4) is 0 Å². The van der Waals surface area contributed by atoms with E-state index in [1.807, 2.05) is 0 Å². The van der Waals surface area contributed by atoms with Gasteiger partial charge in [-0.05, 0) is 0 Å². The van der Waals surface area contributed by atoms with Crippen molar-refractivity contribution in [2.45, 2.75) is 6.54 Å². The molecule has 0 saturated carbocycles. The average molecular weight is 289 g/mol. The van der Waals surface area contributed by atoms with Gasteiger partial charge in [-0.15, -0.1) is 0 Å². The molecular formula is C11H11N7O3. The van der Waals surface area contributed by atoms with Crippen LogP contribution in [0.4, 0.5) is 11.6 Å². The summed E-state index contributed by atoms with van der Waals surface area (Å²) in [7, 11) is 1.66. The summed E-state index contributed by atoms with van der Waals surface area (Å²) in [4.78, 5) is 33.2. The summed E-state index contributed by atoms with van der Waals surface area (Å²) in [5.41, 5.74) is 6.39. The van der Waals surface area contributed by atoms with Crippen molar-refractivity contribution in [1.82, 2.24) is 24.1 Å². The molecule has 0 aromatic carbocycles. The molecule has 0 saturated heterocycles. The van der Waals surface area contributed by atoms with E-state index < -0.39 is 4.92 Å². The van der Waals surface area contributed by atoms with E-state index in [0.717, 1.165) is 0 Å². The number of aromatic amines is 1. The van der Waals surface area contributed by atoms with Crippen LogP contribution >= 0.6 is 0 Å². The first-order chi connectivity index (χ1) is 9.97. The molecule has 0 bridgehead atoms. The first kappa shape index (κ1) is 12.8. The normalized spacial score (nSPS) is 11.1. The van der Waals surface area contributed by atoms with Gasteiger partial charge in [0.05, 0.1) is 24.0 Å². The van der Waals surface area contributed by atoms with Gasteiger partial charge in [0, 0.05) is 18.8 Å². The Kier molecular flexibility index (Phi) is 2.71. The van der Waals surface area contributed by atoms with Gasteiger partial charge in [0.15, 0.2) is 11.2 Å². The number of hydrogen-bond donors (Lipinski definition) is 2. The topological polar surface area (TPSA) is 138 Å². The molecule has 21 heavy (non-hydrogen) atoms. The molecule has 0 amide bonds. The summed E-state index contributed by atoms with van der Waals surface area (Å²) in [6.07, 6.45) is 2.73. The number of nitro groups is 1. The molecule has 0 aliphatic rings. The Labute approximate surface area is 117 Å². The molecule has 10 heteroatoms. The second kappa shape index (κ2) is 4.44. The molecule has 0 aliphatic carbocycles. The smallest absolute Gasteiger partial charge is 0.287 e. The maximum atomic E-state index is 12.3. The van der Waals surface area contributed by atoms with Crippen molar-refractivity contribution < 1.29 is 4.92 Å². The third kappa shape index (κ3) is 2.02. The molecule has 0 unspecified atom stereocenters. The summed E-state index contributed by atoms with van der Waals surface area (Å²) in [6.45, 7) is 0.0803. The van der Waals surface area contributed by atoms with Gasteiger partial charge >= 0.3 is 0 Å². The quantitative estimate of drug-likeness (QED) is 0.514. The number of rotatable bonds is 3. The number of nitrogens with one attached hydrogen (secondary N) is 1. The molecule has 10 nitrogen and oxygen atoms in total. The average Bonchev–Trinajstić information content (AvgIpc) is 3.01. The lowest BCUT2D eigenvalue weighted by atomic mass is 10.4. The Morgan fingerprint density at radius 1 is 1.52 bits per heavy atom. The van der Waals surface area contributed by atoms with E-state index in [-0.39, 0.29) is 34.9 Å². The number of anilines is 1. The minimum atomic E-state index is -0.494. The highest BCUT2D eigenvalue weighted by molar-refractivity contribution is 5.69. The molecule has 3 aromatic rings. The van der Waals surface area contributed by atoms with Crippen molar-refractivity contribution in [3.05, 3.63) is 44.8 Å². The van der Waals surface area contributed by atoms with Gasteiger partial charge in [-0.2, -0.15) is 4.98 Å². The molecule has 0 radical (unpaired) electrons. The predicted molar refractivity (Wildman–Crippen MR) is 73.7 cm³/mol. The fourth-order valence-electron chi connectivity index (χ4n) is 2.10. The van der Waals surface area contributed by atoms with Crippen molar-refractivity contribution in [2.75, 3.05) is 5.73 Å². The first-order valence-electron chi connectivity index (χ1n) is 5.96. The van der Waals surface area contributed by atoms with Gasteiger partial charge in [0.1, 0.15) is 0 Å². The van der Waals surface area contributed by atoms with Crippen molar-refractivity contribution in [3.63, 3.8) is 0 Å². The van der Waals surface area contributed by atoms with E-state index in [4.69, 9.17) is 5.73 Å². The highest BCUT2D eigenvalue weighted by Crippen LogP contribution is 2.16. The van der Waals surface area contributed by atoms with E-state index in [9.17, 15) is 14.9 Å². The maximum absolute atomic E-state index is 12.3. The molecule has 3 rings (SSSR count). The van der Waals surface area contributed by atoms with Crippen LogP contribution in [0.25, 0.3) is 11.2 Å². The van der Waals surface area contributed by atoms with Crippen molar-refractivity contribution in [2.24, 2.45) is 7.05 Å². The highest BCUT2D eigenvalue weighted by atomic mass is 16.6. The number of imidazole rings is 1. The lowest BCUT2D eigenvalue weighted by molar-refractivity contribution is -0.384. The number of nitrogens with zero attached hydrogens (tertiary/aromatic N) is 5. The van der Waals surface area contributed by atoms with Gasteiger partial charge in [0.2, 0.25) is 5.95 Å². The molecule has 0 atom stereocenters. The Balaban J connectivity index is 2.09. The van der Waals surface area contributed by atoms with Crippen LogP contribution in [-0.2, 0) is 13.6 Å². The zero-order valence-electron chi connectivity index (χ0n) is 11.0. The molecule has 0 aliphatic heterocycles. The number of hydrogen-bond acceptors (Lipinski definition) is 6. The minimum Gasteiger partial charge on any atom is -0.369 e. The van der Waals surface area contributed by atoms with E-state index in [1.54, 1.807) is 11.6 Å². The Bertz CT molecular complexity index is 904. The number of nitrogens with two attached hydrogens (primary N) is 1. The summed E-state index contributed by atoms with van der Waals surface area (Å²) >= 11 is 0. The third-order valence-electron chi connectivity index (χ3n) is 3.20. The SMILES string of the molecule is Cn1cc([N+](=O)[O-])cc1Cn1c(N)nc2nc[nH]c2c1=O. The second-order valence-electron chi connectivity index (χ2n) is 4.52. The lowest BCUT2D eigenvalue weighted by Crippen LogP contribution is -2.25. The van der Waals surface area contributed by atoms with Gasteiger partial charge in [0.25, 0.3) is 11.2 Å². The third-order valence-corrected chi connectivity index (χ3v) is 3.20. The molecule has 0 fully saturated rings. The number of fused-ring (bicyclic) bond motifs is 1. The molecule has 3 aromatic heterocycles. The minimum absolute atomic E-state index is 0.00320. The van der Waals surface area contributed by atoms with Crippen LogP contribution in [0, 0.1) is 10.1 Å². The van der Waals surface area contributed by atoms with Crippen molar-refractivity contribution in [1.29, 1.82) is 0 Å². The van der Waals surface area contributed by atoms with Crippen LogP contribution in [0.15, 0.2) is 23.4 Å². The Morgan fingerprint density at radius 3 is 2.95 bits per heavy atom. The van der Waals surface area contributed by atoms with E-state index in [1.165, 1.54) is 23.2 Å². The van der Waals surface area contributed by atoms with Gasteiger partial charge in [-0.25, -0.2) is 4.98 Å². The highest BCUT2D eigenvalue weighted by Gasteiger charge is 2.16. The molecule has 0 spiro atoms. The summed E-state index contributed by atoms with van der Waals surface area (Å²) in [5.74, 6) is 0.00320. The fourth-order valence-corrected chi connectivity index (χ4v) is 2.10. The molecule has 3 heterocycles. The zero-order chi connectivity index (χ0) is 15.1. The monoisotopic (exact) mass is 289 g/mol. The van der Waals surface area contributed by atoms with Crippen LogP contribution < -0.4 is 11.3 Å². The zero-order valence-corrected chi connectivity index (χ0v) is 11.0. The van der Waals surface area contributed by atoms with Crippen LogP contribution in [0.2, 0.25) is 0 Å². The molecule has 108 valence electrons. The van der Waals surface area contributed by atoms with E-state index in [2.05, 4.69) is 15.0 Å². The van der Waals surface area contributed by atoms with Crippen molar-refractivity contribution >= 4 is 22.8 Å². The predicted octanol–water partition coefficient (Wildman–Crippen LogP) is -0.00320. The van der Waals surface area contributed by atoms with E-state index in [0.29, 0.717) is 5.69 Å². The Hall–Kier alpha value is -3.17. The van der Waals surface area contributed by atoms with Gasteiger partial charge in [-0.1, -0.05) is 0 Å². The second-order valence-corrected chi connectivity index (χ2v) is 4.52. The lowest BCUT2D eigenvalue weighted by Gasteiger charge is -2.08. The first-order valence-corrected chi connectivity index (χ1v) is 5.96. The maximum Gasteiger partial charge on any atom is 0.287 e. The fraction of sp³-hybridized carbons (Fsp3) is 0.182. The standard InChI is InChI=1S/C11H11N7O3/c1-16-3-7(18(20)21)2-6(16)4-17-10(19)8-9(14-5-13-8)15-11(17)12/h2-3,5H,4H2,1H3,(H2,12,15)(H,13,14). The number of H-pyrrole nitrogens is 1. The largest absolute Gasteiger partial charge is 0.369 e. The molecule has 3 N–H and O–H groups in total. The Morgan fingerprint density at radius 2 is 2.29 bits per heavy atom. The number of aromatic nitrogens is 5. The van der Waals surface area contributed by atoms with Crippen LogP contribution in [-0.4, -0.2) is 29.0 Å². The van der Waals surface area contributed by atoms with Crippen LogP contribution in [0.5, 0.6) is 0 Å². The summed E-state index contributed by atoms with van der Waals surface area (Å²) in [6, 6.07) is 1.39. The van der Waals surface area contributed by atoms with Crippen LogP contribution in [0.1, 0.15) is 5.69 Å². The van der Waals surface area contributed by atoms with Crippen molar-refractivity contribution in [3.8, 4) is 0 Å². The summed E-state index contributed by atoms with van der Waals surface area (Å²) < 4.78 is 2.81. The summed E-state index contributed by atoms with van der Waals surface area (Å²) in [5, 5.41) is 10.8. The number of nitrogen functional groups attached to an aromatic ring is 1. The number of aryl methyl sites for hydroxylation is 1. The van der Waals surface area contributed by atoms with E-state index >= 15 is 0 Å².